The number of halogens is 3. The van der Waals surface area contributed by atoms with Gasteiger partial charge in [0.15, 0.2) is 0 Å². The Morgan fingerprint density at radius 2 is 1.75 bits per heavy atom. The molecule has 0 bridgehead atoms. The van der Waals surface area contributed by atoms with Gasteiger partial charge in [-0.25, -0.2) is 13.1 Å². The van der Waals surface area contributed by atoms with Crippen molar-refractivity contribution in [1.82, 2.24) is 14.6 Å². The smallest absolute Gasteiger partial charge is 0.371 e. The van der Waals surface area contributed by atoms with Crippen molar-refractivity contribution in [1.29, 1.82) is 0 Å². The molecule has 1 atom stereocenters. The van der Waals surface area contributed by atoms with E-state index in [1.807, 2.05) is 25.2 Å². The molecule has 11 heteroatoms. The van der Waals surface area contributed by atoms with Gasteiger partial charge in [-0.2, -0.15) is 13.2 Å². The molecule has 1 fully saturated rings. The van der Waals surface area contributed by atoms with E-state index in [0.29, 0.717) is 18.4 Å². The van der Waals surface area contributed by atoms with Gasteiger partial charge < -0.3 is 9.80 Å². The Hall–Kier alpha value is -3.44. The van der Waals surface area contributed by atoms with Crippen LogP contribution in [-0.4, -0.2) is 50.4 Å². The molecule has 2 aliphatic rings. The molecule has 3 aromatic rings. The van der Waals surface area contributed by atoms with Gasteiger partial charge in [-0.3, -0.25) is 9.78 Å². The Morgan fingerprint density at radius 1 is 1.05 bits per heavy atom. The van der Waals surface area contributed by atoms with Gasteiger partial charge in [-0.05, 0) is 72.7 Å². The normalized spacial score (nSPS) is 18.0. The Balaban J connectivity index is 1.22. The van der Waals surface area contributed by atoms with Crippen LogP contribution in [-0.2, 0) is 28.4 Å². The minimum absolute atomic E-state index is 0.0852. The Labute approximate surface area is 232 Å². The molecule has 0 spiro atoms. The molecule has 1 aliphatic heterocycles. The summed E-state index contributed by atoms with van der Waals surface area (Å²) in [7, 11) is -2.24. The quantitative estimate of drug-likeness (QED) is 0.434. The summed E-state index contributed by atoms with van der Waals surface area (Å²) in [5.74, 6) is -0.853. The summed E-state index contributed by atoms with van der Waals surface area (Å²) in [6, 6.07) is 13.5. The van der Waals surface area contributed by atoms with Gasteiger partial charge in [0.1, 0.15) is 0 Å². The second-order valence-electron chi connectivity index (χ2n) is 10.4. The number of piperidine rings is 1. The van der Waals surface area contributed by atoms with Crippen LogP contribution in [0.3, 0.4) is 0 Å². The standard InChI is InChI=1S/C29H31F3N4O3S/c1-35(23-12-16-36(17-13-23)24-10-14-33-15-11-24)28(37)21-6-8-25-20(18-21)7-9-27(25)34-40(38,39)19-22-4-2-3-5-26(22)29(30,31)32/h2-6,8,10-11,14-15,18,23,27,34H,7,9,12-13,16-17,19H2,1H3. The maximum absolute atomic E-state index is 13.3. The summed E-state index contributed by atoms with van der Waals surface area (Å²) in [6.07, 6.45) is 1.63. The number of hydrogen-bond donors (Lipinski definition) is 1. The highest BCUT2D eigenvalue weighted by Crippen LogP contribution is 2.35. The van der Waals surface area contributed by atoms with E-state index in [-0.39, 0.29) is 17.5 Å². The van der Waals surface area contributed by atoms with Crippen LogP contribution in [0.2, 0.25) is 0 Å². The molecule has 1 unspecified atom stereocenters. The van der Waals surface area contributed by atoms with Crippen molar-refractivity contribution >= 4 is 21.6 Å². The topological polar surface area (TPSA) is 82.6 Å². The van der Waals surface area contributed by atoms with Crippen molar-refractivity contribution in [3.05, 3.63) is 94.8 Å². The monoisotopic (exact) mass is 572 g/mol. The summed E-state index contributed by atoms with van der Waals surface area (Å²) in [5, 5.41) is 0. The molecule has 40 heavy (non-hydrogen) atoms. The predicted molar refractivity (Wildman–Crippen MR) is 146 cm³/mol. The van der Waals surface area contributed by atoms with Crippen LogP contribution in [0.4, 0.5) is 18.9 Å². The molecule has 1 aliphatic carbocycles. The number of benzene rings is 2. The number of carbonyl (C=O) groups is 1. The van der Waals surface area contributed by atoms with Crippen LogP contribution < -0.4 is 9.62 Å². The minimum atomic E-state index is -4.64. The van der Waals surface area contributed by atoms with Crippen LogP contribution in [0.1, 0.15) is 57.9 Å². The molecule has 5 rings (SSSR count). The fourth-order valence-corrected chi connectivity index (χ4v) is 7.12. The zero-order valence-corrected chi connectivity index (χ0v) is 22.9. The third-order valence-corrected chi connectivity index (χ3v) is 9.15. The van der Waals surface area contributed by atoms with Gasteiger partial charge in [-0.1, -0.05) is 24.3 Å². The number of amides is 1. The third-order valence-electron chi connectivity index (χ3n) is 7.82. The molecular weight excluding hydrogens is 541 g/mol. The van der Waals surface area contributed by atoms with Crippen LogP contribution in [0.15, 0.2) is 67.0 Å². The second kappa shape index (κ2) is 11.2. The number of alkyl halides is 3. The highest BCUT2D eigenvalue weighted by atomic mass is 32.2. The van der Waals surface area contributed by atoms with Crippen LogP contribution in [0, 0.1) is 0 Å². The van der Waals surface area contributed by atoms with Gasteiger partial charge in [0.05, 0.1) is 11.3 Å². The molecule has 7 nitrogen and oxygen atoms in total. The zero-order valence-electron chi connectivity index (χ0n) is 22.1. The number of fused-ring (bicyclic) bond motifs is 1. The first kappa shape index (κ1) is 28.1. The molecule has 1 amide bonds. The molecule has 0 saturated carbocycles. The minimum Gasteiger partial charge on any atom is -0.371 e. The number of hydrogen-bond acceptors (Lipinski definition) is 5. The van der Waals surface area contributed by atoms with E-state index in [4.69, 9.17) is 0 Å². The predicted octanol–water partition coefficient (Wildman–Crippen LogP) is 4.95. The number of aromatic nitrogens is 1. The van der Waals surface area contributed by atoms with E-state index in [1.165, 1.54) is 18.2 Å². The fourth-order valence-electron chi connectivity index (χ4n) is 5.69. The maximum atomic E-state index is 13.3. The fraction of sp³-hybridized carbons (Fsp3) is 0.379. The lowest BCUT2D eigenvalue weighted by molar-refractivity contribution is -0.138. The lowest BCUT2D eigenvalue weighted by atomic mass is 10.0. The number of nitrogens with one attached hydrogen (secondary N) is 1. The maximum Gasteiger partial charge on any atom is 0.416 e. The lowest BCUT2D eigenvalue weighted by Gasteiger charge is -2.37. The first-order valence-corrected chi connectivity index (χ1v) is 14.9. The summed E-state index contributed by atoms with van der Waals surface area (Å²) in [5.41, 5.74) is 2.03. The summed E-state index contributed by atoms with van der Waals surface area (Å²) in [6.45, 7) is 1.68. The van der Waals surface area contributed by atoms with E-state index < -0.39 is 33.6 Å². The Morgan fingerprint density at radius 3 is 2.45 bits per heavy atom. The molecule has 212 valence electrons. The largest absolute Gasteiger partial charge is 0.416 e. The van der Waals surface area contributed by atoms with Gasteiger partial charge in [0.2, 0.25) is 10.0 Å². The second-order valence-corrected chi connectivity index (χ2v) is 12.1. The van der Waals surface area contributed by atoms with E-state index in [9.17, 15) is 26.4 Å². The molecular formula is C29H31F3N4O3S. The van der Waals surface area contributed by atoms with Gasteiger partial charge in [0.25, 0.3) is 5.91 Å². The summed E-state index contributed by atoms with van der Waals surface area (Å²) < 4.78 is 68.3. The number of nitrogens with zero attached hydrogens (tertiary/aromatic N) is 3. The van der Waals surface area contributed by atoms with E-state index in [0.717, 1.165) is 48.8 Å². The van der Waals surface area contributed by atoms with Crippen LogP contribution >= 0.6 is 0 Å². The molecule has 1 aromatic heterocycles. The number of rotatable bonds is 7. The molecule has 0 radical (unpaired) electrons. The average molecular weight is 573 g/mol. The van der Waals surface area contributed by atoms with E-state index in [2.05, 4.69) is 14.6 Å². The van der Waals surface area contributed by atoms with Crippen molar-refractivity contribution < 1.29 is 26.4 Å². The van der Waals surface area contributed by atoms with Crippen molar-refractivity contribution in [2.45, 2.75) is 49.7 Å². The van der Waals surface area contributed by atoms with E-state index >= 15 is 0 Å². The van der Waals surface area contributed by atoms with Crippen molar-refractivity contribution in [2.75, 3.05) is 25.0 Å². The van der Waals surface area contributed by atoms with Crippen molar-refractivity contribution in [2.24, 2.45) is 0 Å². The Kier molecular flexibility index (Phi) is 7.87. The first-order valence-electron chi connectivity index (χ1n) is 13.2. The zero-order chi connectivity index (χ0) is 28.5. The molecule has 2 aromatic carbocycles. The van der Waals surface area contributed by atoms with Crippen molar-refractivity contribution in [3.63, 3.8) is 0 Å². The first-order chi connectivity index (χ1) is 19.0. The van der Waals surface area contributed by atoms with Crippen molar-refractivity contribution in [3.8, 4) is 0 Å². The SMILES string of the molecule is CN(C(=O)c1ccc2c(c1)CCC2NS(=O)(=O)Cc1ccccc1C(F)(F)F)C1CCN(c2ccncc2)CC1. The van der Waals surface area contributed by atoms with Gasteiger partial charge in [-0.15, -0.1) is 0 Å². The highest BCUT2D eigenvalue weighted by molar-refractivity contribution is 7.88. The molecule has 2 heterocycles. The molecule has 1 saturated heterocycles. The van der Waals surface area contributed by atoms with Crippen LogP contribution in [0.25, 0.3) is 0 Å². The summed E-state index contributed by atoms with van der Waals surface area (Å²) in [4.78, 5) is 21.5. The number of carbonyl (C=O) groups excluding carboxylic acids is 1. The average Bonchev–Trinajstić information content (AvgIpc) is 3.33. The summed E-state index contributed by atoms with van der Waals surface area (Å²) >= 11 is 0. The number of pyridine rings is 1. The third kappa shape index (κ3) is 6.15. The number of aryl methyl sites for hydroxylation is 1. The Bertz CT molecular complexity index is 1470. The number of anilines is 1. The van der Waals surface area contributed by atoms with Gasteiger partial charge >= 0.3 is 6.18 Å². The van der Waals surface area contributed by atoms with E-state index in [1.54, 1.807) is 29.4 Å². The number of sulfonamides is 1. The molecule has 1 N–H and O–H groups in total. The van der Waals surface area contributed by atoms with Crippen LogP contribution in [0.5, 0.6) is 0 Å². The highest BCUT2D eigenvalue weighted by Gasteiger charge is 2.35. The van der Waals surface area contributed by atoms with Gasteiger partial charge in [0, 0.05) is 55.9 Å². The lowest BCUT2D eigenvalue weighted by Crippen LogP contribution is -2.45.